The molecule has 0 radical (unpaired) electrons. The van der Waals surface area contributed by atoms with E-state index >= 15 is 0 Å². The summed E-state index contributed by atoms with van der Waals surface area (Å²) in [5.41, 5.74) is 0. The number of hydrogen-bond acceptors (Lipinski definition) is 3. The summed E-state index contributed by atoms with van der Waals surface area (Å²) in [6, 6.07) is -0.545. The molecule has 104 valence electrons. The van der Waals surface area contributed by atoms with Crippen LogP contribution in [0.25, 0.3) is 0 Å². The van der Waals surface area contributed by atoms with Crippen LogP contribution in [0.15, 0.2) is 0 Å². The van der Waals surface area contributed by atoms with Gasteiger partial charge in [-0.25, -0.2) is 0 Å². The number of likely N-dealkylation sites (N-methyl/N-ethyl adjacent to an activating group) is 1. The summed E-state index contributed by atoms with van der Waals surface area (Å²) in [6.07, 6.45) is 4.58. The first-order valence-electron chi connectivity index (χ1n) is 6.77. The van der Waals surface area contributed by atoms with Gasteiger partial charge in [0.15, 0.2) is 0 Å². The largest absolute Gasteiger partial charge is 0.480 e. The van der Waals surface area contributed by atoms with Crippen LogP contribution in [0.4, 0.5) is 0 Å². The maximum Gasteiger partial charge on any atom is 0.320 e. The average molecular weight is 256 g/mol. The highest BCUT2D eigenvalue weighted by Gasteiger charge is 2.26. The number of carboxylic acids is 1. The smallest absolute Gasteiger partial charge is 0.320 e. The van der Waals surface area contributed by atoms with E-state index in [1.165, 1.54) is 0 Å². The molecular formula is C13H24N2O3. The Morgan fingerprint density at radius 1 is 1.33 bits per heavy atom. The van der Waals surface area contributed by atoms with Gasteiger partial charge in [0.05, 0.1) is 6.54 Å². The molecule has 1 N–H and O–H groups in total. The summed E-state index contributed by atoms with van der Waals surface area (Å²) in [5, 5.41) is 9.18. The number of likely N-dealkylation sites (tertiary alicyclic amines) is 1. The lowest BCUT2D eigenvalue weighted by molar-refractivity contribution is -0.144. The van der Waals surface area contributed by atoms with Crippen LogP contribution in [-0.2, 0) is 9.59 Å². The van der Waals surface area contributed by atoms with Crippen molar-refractivity contribution in [2.24, 2.45) is 0 Å². The fourth-order valence-electron chi connectivity index (χ4n) is 2.32. The summed E-state index contributed by atoms with van der Waals surface area (Å²) in [4.78, 5) is 26.6. The van der Waals surface area contributed by atoms with Crippen LogP contribution in [0.5, 0.6) is 0 Å². The summed E-state index contributed by atoms with van der Waals surface area (Å²) in [6.45, 7) is 3.88. The van der Waals surface area contributed by atoms with E-state index < -0.39 is 12.0 Å². The van der Waals surface area contributed by atoms with Crippen molar-refractivity contribution < 1.29 is 14.7 Å². The SMILES string of the molecule is CCCCC(C(=O)O)N(C)CC(=O)N1CCCC1. The Hall–Kier alpha value is -1.10. The van der Waals surface area contributed by atoms with Crippen molar-refractivity contribution in [1.29, 1.82) is 0 Å². The van der Waals surface area contributed by atoms with Gasteiger partial charge in [0.1, 0.15) is 6.04 Å². The molecule has 1 atom stereocenters. The molecule has 1 rings (SSSR count). The monoisotopic (exact) mass is 256 g/mol. The number of nitrogens with zero attached hydrogens (tertiary/aromatic N) is 2. The zero-order valence-electron chi connectivity index (χ0n) is 11.4. The molecule has 5 heteroatoms. The summed E-state index contributed by atoms with van der Waals surface area (Å²) < 4.78 is 0. The molecule has 1 heterocycles. The van der Waals surface area contributed by atoms with Crippen LogP contribution in [0.2, 0.25) is 0 Å². The highest BCUT2D eigenvalue weighted by molar-refractivity contribution is 5.80. The zero-order chi connectivity index (χ0) is 13.5. The van der Waals surface area contributed by atoms with Crippen LogP contribution in [0.3, 0.4) is 0 Å². The fraction of sp³-hybridized carbons (Fsp3) is 0.846. The molecule has 1 unspecified atom stereocenters. The van der Waals surface area contributed by atoms with Crippen LogP contribution in [0, 0.1) is 0 Å². The minimum absolute atomic E-state index is 0.0535. The predicted octanol–water partition coefficient (Wildman–Crippen LogP) is 1.18. The van der Waals surface area contributed by atoms with Gasteiger partial charge in [-0.3, -0.25) is 14.5 Å². The normalized spacial score (nSPS) is 17.2. The maximum absolute atomic E-state index is 11.9. The first-order valence-corrected chi connectivity index (χ1v) is 6.77. The van der Waals surface area contributed by atoms with Crippen molar-refractivity contribution in [3.63, 3.8) is 0 Å². The molecule has 0 bridgehead atoms. The molecule has 1 amide bonds. The highest BCUT2D eigenvalue weighted by Crippen LogP contribution is 2.11. The van der Waals surface area contributed by atoms with Crippen molar-refractivity contribution in [3.05, 3.63) is 0 Å². The number of amides is 1. The Morgan fingerprint density at radius 2 is 1.94 bits per heavy atom. The lowest BCUT2D eigenvalue weighted by atomic mass is 10.1. The average Bonchev–Trinajstić information content (AvgIpc) is 2.82. The number of unbranched alkanes of at least 4 members (excludes halogenated alkanes) is 1. The fourth-order valence-corrected chi connectivity index (χ4v) is 2.32. The van der Waals surface area contributed by atoms with Crippen molar-refractivity contribution >= 4 is 11.9 Å². The van der Waals surface area contributed by atoms with Crippen LogP contribution in [-0.4, -0.2) is 59.5 Å². The van der Waals surface area contributed by atoms with E-state index in [1.807, 2.05) is 11.8 Å². The van der Waals surface area contributed by atoms with Crippen molar-refractivity contribution in [3.8, 4) is 0 Å². The molecule has 1 aliphatic heterocycles. The van der Waals surface area contributed by atoms with Gasteiger partial charge in [0.25, 0.3) is 0 Å². The number of carbonyl (C=O) groups excluding carboxylic acids is 1. The minimum Gasteiger partial charge on any atom is -0.480 e. The summed E-state index contributed by atoms with van der Waals surface area (Å²) >= 11 is 0. The van der Waals surface area contributed by atoms with Crippen molar-refractivity contribution in [2.45, 2.75) is 45.1 Å². The van der Waals surface area contributed by atoms with E-state index in [1.54, 1.807) is 11.9 Å². The molecule has 0 aliphatic carbocycles. The number of rotatable bonds is 7. The molecule has 0 aromatic carbocycles. The van der Waals surface area contributed by atoms with Gasteiger partial charge in [-0.15, -0.1) is 0 Å². The molecular weight excluding hydrogens is 232 g/mol. The van der Waals surface area contributed by atoms with Gasteiger partial charge >= 0.3 is 5.97 Å². The van der Waals surface area contributed by atoms with E-state index in [9.17, 15) is 14.7 Å². The Bertz CT molecular complexity index is 288. The molecule has 18 heavy (non-hydrogen) atoms. The van der Waals surface area contributed by atoms with Gasteiger partial charge in [-0.05, 0) is 26.3 Å². The predicted molar refractivity (Wildman–Crippen MR) is 69.4 cm³/mol. The second kappa shape index (κ2) is 7.36. The third-order valence-electron chi connectivity index (χ3n) is 3.49. The molecule has 1 fully saturated rings. The van der Waals surface area contributed by atoms with E-state index in [0.717, 1.165) is 38.8 Å². The number of hydrogen-bond donors (Lipinski definition) is 1. The quantitative estimate of drug-likeness (QED) is 0.743. The summed E-state index contributed by atoms with van der Waals surface area (Å²) in [5.74, 6) is -0.780. The van der Waals surface area contributed by atoms with E-state index in [0.29, 0.717) is 6.42 Å². The molecule has 0 spiro atoms. The standard InChI is InChI=1S/C13H24N2O3/c1-3-4-7-11(13(17)18)14(2)10-12(16)15-8-5-6-9-15/h11H,3-10H2,1-2H3,(H,17,18). The second-order valence-electron chi connectivity index (χ2n) is 5.00. The molecule has 0 aromatic rings. The topological polar surface area (TPSA) is 60.9 Å². The number of aliphatic carboxylic acids is 1. The van der Waals surface area contributed by atoms with Crippen LogP contribution in [0.1, 0.15) is 39.0 Å². The number of carbonyl (C=O) groups is 2. The highest BCUT2D eigenvalue weighted by atomic mass is 16.4. The molecule has 5 nitrogen and oxygen atoms in total. The molecule has 1 aliphatic rings. The van der Waals surface area contributed by atoms with Gasteiger partial charge < -0.3 is 10.0 Å². The van der Waals surface area contributed by atoms with Crippen LogP contribution >= 0.6 is 0 Å². The Morgan fingerprint density at radius 3 is 2.44 bits per heavy atom. The van der Waals surface area contributed by atoms with E-state index in [-0.39, 0.29) is 12.5 Å². The lowest BCUT2D eigenvalue weighted by Gasteiger charge is -2.26. The summed E-state index contributed by atoms with van der Waals surface area (Å²) in [7, 11) is 1.72. The molecule has 1 saturated heterocycles. The molecule has 0 aromatic heterocycles. The van der Waals surface area contributed by atoms with E-state index in [2.05, 4.69) is 0 Å². The van der Waals surface area contributed by atoms with Crippen molar-refractivity contribution in [2.75, 3.05) is 26.7 Å². The van der Waals surface area contributed by atoms with Gasteiger partial charge in [0, 0.05) is 13.1 Å². The third kappa shape index (κ3) is 4.29. The molecule has 0 saturated carbocycles. The van der Waals surface area contributed by atoms with Gasteiger partial charge in [-0.1, -0.05) is 19.8 Å². The Balaban J connectivity index is 2.46. The third-order valence-corrected chi connectivity index (χ3v) is 3.49. The first kappa shape index (κ1) is 15.0. The minimum atomic E-state index is -0.833. The van der Waals surface area contributed by atoms with E-state index in [4.69, 9.17) is 0 Å². The Kier molecular flexibility index (Phi) is 6.12. The van der Waals surface area contributed by atoms with Gasteiger partial charge in [0.2, 0.25) is 5.91 Å². The maximum atomic E-state index is 11.9. The van der Waals surface area contributed by atoms with Gasteiger partial charge in [-0.2, -0.15) is 0 Å². The first-order chi connectivity index (χ1) is 8.56. The van der Waals surface area contributed by atoms with Crippen LogP contribution < -0.4 is 0 Å². The van der Waals surface area contributed by atoms with Crippen molar-refractivity contribution in [1.82, 2.24) is 9.80 Å². The number of carboxylic acid groups (broad SMARTS) is 1. The zero-order valence-corrected chi connectivity index (χ0v) is 11.4. The second-order valence-corrected chi connectivity index (χ2v) is 5.00. The lowest BCUT2D eigenvalue weighted by Crippen LogP contribution is -2.45. The Labute approximate surface area is 109 Å².